The molecule has 0 fully saturated rings. The lowest BCUT2D eigenvalue weighted by atomic mass is 10.1. The van der Waals surface area contributed by atoms with Crippen LogP contribution in [0.15, 0.2) is 99.3 Å². The van der Waals surface area contributed by atoms with Crippen LogP contribution in [0.25, 0.3) is 11.0 Å². The van der Waals surface area contributed by atoms with Crippen molar-refractivity contribution in [1.29, 1.82) is 0 Å². The fourth-order valence-corrected chi connectivity index (χ4v) is 3.73. The normalized spacial score (nSPS) is 12.0. The summed E-state index contributed by atoms with van der Waals surface area (Å²) in [5, 5.41) is 7.71. The molecule has 4 aromatic rings. The first-order chi connectivity index (χ1) is 14.9. The number of nitrogens with one attached hydrogen (secondary N) is 2. The third-order valence-electron chi connectivity index (χ3n) is 4.32. The molecule has 0 aliphatic rings. The van der Waals surface area contributed by atoms with Crippen molar-refractivity contribution in [1.82, 2.24) is 4.83 Å². The highest BCUT2D eigenvalue weighted by atomic mass is 35.5. The molecule has 156 valence electrons. The Morgan fingerprint density at radius 1 is 0.903 bits per heavy atom. The standard InChI is InChI=1S/C22H16ClN3O4S/c23-16-10-12-18(13-11-16)31(28,29)26-25-22-19(14-15-6-4-5-9-20(15)30-22)21(27)24-17-7-2-1-3-8-17/h1-14,26H,(H,24,27)/b25-22-. The number of sulfonamides is 1. The molecular formula is C22H16ClN3O4S. The van der Waals surface area contributed by atoms with Crippen molar-refractivity contribution < 1.29 is 17.6 Å². The summed E-state index contributed by atoms with van der Waals surface area (Å²) in [5.74, 6) is -0.495. The molecule has 1 heterocycles. The predicted molar refractivity (Wildman–Crippen MR) is 118 cm³/mol. The minimum Gasteiger partial charge on any atom is -0.436 e. The largest absolute Gasteiger partial charge is 0.436 e. The summed E-state index contributed by atoms with van der Waals surface area (Å²) < 4.78 is 30.9. The van der Waals surface area contributed by atoms with Crippen LogP contribution in [-0.4, -0.2) is 14.3 Å². The van der Waals surface area contributed by atoms with Gasteiger partial charge in [0.2, 0.25) is 5.55 Å². The Kier molecular flexibility index (Phi) is 5.75. The molecule has 1 aromatic heterocycles. The van der Waals surface area contributed by atoms with Crippen molar-refractivity contribution in [3.05, 3.63) is 101 Å². The zero-order valence-electron chi connectivity index (χ0n) is 15.9. The van der Waals surface area contributed by atoms with Gasteiger partial charge in [-0.1, -0.05) is 48.0 Å². The van der Waals surface area contributed by atoms with E-state index in [2.05, 4.69) is 15.2 Å². The smallest absolute Gasteiger partial charge is 0.276 e. The van der Waals surface area contributed by atoms with Crippen molar-refractivity contribution in [2.24, 2.45) is 5.10 Å². The molecule has 9 heteroatoms. The first kappa shape index (κ1) is 20.6. The minimum atomic E-state index is -4.00. The van der Waals surface area contributed by atoms with Crippen LogP contribution < -0.4 is 15.7 Å². The number of hydrogen-bond acceptors (Lipinski definition) is 5. The van der Waals surface area contributed by atoms with Crippen LogP contribution in [0.1, 0.15) is 10.4 Å². The van der Waals surface area contributed by atoms with Crippen LogP contribution in [0.5, 0.6) is 0 Å². The summed E-state index contributed by atoms with van der Waals surface area (Å²) >= 11 is 5.81. The molecule has 0 bridgehead atoms. The maximum atomic E-state index is 12.9. The lowest BCUT2D eigenvalue weighted by molar-refractivity contribution is 0.102. The minimum absolute atomic E-state index is 0.0308. The number of carbonyl (C=O) groups is 1. The molecule has 3 aromatic carbocycles. The third-order valence-corrected chi connectivity index (χ3v) is 5.80. The van der Waals surface area contributed by atoms with Crippen LogP contribution in [0.4, 0.5) is 5.69 Å². The molecule has 2 N–H and O–H groups in total. The molecule has 7 nitrogen and oxygen atoms in total. The fraction of sp³-hybridized carbons (Fsp3) is 0. The molecule has 31 heavy (non-hydrogen) atoms. The Balaban J connectivity index is 1.75. The number of amides is 1. The number of hydrogen-bond donors (Lipinski definition) is 2. The van der Waals surface area contributed by atoms with E-state index in [1.807, 2.05) is 6.07 Å². The summed E-state index contributed by atoms with van der Waals surface area (Å²) in [6.45, 7) is 0. The van der Waals surface area contributed by atoms with Gasteiger partial charge in [-0.05, 0) is 48.5 Å². The van der Waals surface area contributed by atoms with E-state index in [4.69, 9.17) is 16.0 Å². The Labute approximate surface area is 183 Å². The van der Waals surface area contributed by atoms with Gasteiger partial charge in [-0.15, -0.1) is 5.10 Å². The number of rotatable bonds is 5. The van der Waals surface area contributed by atoms with E-state index in [9.17, 15) is 13.2 Å². The monoisotopic (exact) mass is 453 g/mol. The van der Waals surface area contributed by atoms with Gasteiger partial charge in [0.05, 0.1) is 4.90 Å². The highest BCUT2D eigenvalue weighted by molar-refractivity contribution is 7.89. The SMILES string of the molecule is O=C(Nc1ccccc1)c1cc2ccccc2o/c1=N\NS(=O)(=O)c1ccc(Cl)cc1. The lowest BCUT2D eigenvalue weighted by Crippen LogP contribution is -2.27. The van der Waals surface area contributed by atoms with E-state index in [0.29, 0.717) is 21.7 Å². The van der Waals surface area contributed by atoms with Gasteiger partial charge in [0.15, 0.2) is 0 Å². The number of anilines is 1. The van der Waals surface area contributed by atoms with E-state index in [0.717, 1.165) is 0 Å². The fourth-order valence-electron chi connectivity index (χ4n) is 2.80. The van der Waals surface area contributed by atoms with Gasteiger partial charge in [-0.3, -0.25) is 4.79 Å². The van der Waals surface area contributed by atoms with Crippen LogP contribution in [0.2, 0.25) is 5.02 Å². The molecule has 0 spiro atoms. The van der Waals surface area contributed by atoms with Crippen molar-refractivity contribution in [3.63, 3.8) is 0 Å². The predicted octanol–water partition coefficient (Wildman–Crippen LogP) is 4.13. The van der Waals surface area contributed by atoms with E-state index in [1.54, 1.807) is 54.6 Å². The van der Waals surface area contributed by atoms with E-state index in [1.165, 1.54) is 24.3 Å². The Morgan fingerprint density at radius 3 is 2.32 bits per heavy atom. The zero-order chi connectivity index (χ0) is 21.8. The van der Waals surface area contributed by atoms with Gasteiger partial charge in [-0.2, -0.15) is 13.2 Å². The molecule has 4 rings (SSSR count). The van der Waals surface area contributed by atoms with Crippen molar-refractivity contribution >= 4 is 44.2 Å². The highest BCUT2D eigenvalue weighted by Gasteiger charge is 2.16. The molecule has 0 radical (unpaired) electrons. The molecule has 0 saturated heterocycles. The van der Waals surface area contributed by atoms with E-state index >= 15 is 0 Å². The van der Waals surface area contributed by atoms with Crippen LogP contribution in [-0.2, 0) is 10.0 Å². The highest BCUT2D eigenvalue weighted by Crippen LogP contribution is 2.16. The van der Waals surface area contributed by atoms with Gasteiger partial charge in [0, 0.05) is 16.1 Å². The molecule has 1 amide bonds. The first-order valence-corrected chi connectivity index (χ1v) is 11.0. The Morgan fingerprint density at radius 2 is 1.58 bits per heavy atom. The average molecular weight is 454 g/mol. The summed E-state index contributed by atoms with van der Waals surface area (Å²) in [7, 11) is -4.00. The quantitative estimate of drug-likeness (QED) is 0.443. The summed E-state index contributed by atoms with van der Waals surface area (Å²) in [5.41, 5.74) is 0.919. The third kappa shape index (κ3) is 4.76. The molecule has 0 aliphatic heterocycles. The number of carbonyl (C=O) groups excluding carboxylic acids is 1. The summed E-state index contributed by atoms with van der Waals surface area (Å²) in [4.78, 5) is 15.0. The molecule has 0 atom stereocenters. The Bertz CT molecular complexity index is 1420. The number of para-hydroxylation sites is 2. The number of benzene rings is 3. The van der Waals surface area contributed by atoms with Gasteiger partial charge < -0.3 is 9.73 Å². The number of halogens is 1. The topological polar surface area (TPSA) is 101 Å². The molecule has 0 saturated carbocycles. The molecular weight excluding hydrogens is 438 g/mol. The number of nitrogens with zero attached hydrogens (tertiary/aromatic N) is 1. The van der Waals surface area contributed by atoms with Gasteiger partial charge >= 0.3 is 0 Å². The second-order valence-electron chi connectivity index (χ2n) is 6.48. The van der Waals surface area contributed by atoms with Crippen molar-refractivity contribution in [2.75, 3.05) is 5.32 Å². The summed E-state index contributed by atoms with van der Waals surface area (Å²) in [6.07, 6.45) is 0. The van der Waals surface area contributed by atoms with E-state index in [-0.39, 0.29) is 16.0 Å². The van der Waals surface area contributed by atoms with Gasteiger partial charge in [0.1, 0.15) is 11.1 Å². The lowest BCUT2D eigenvalue weighted by Gasteiger charge is -2.07. The molecule has 0 aliphatic carbocycles. The van der Waals surface area contributed by atoms with Gasteiger partial charge in [-0.25, -0.2) is 0 Å². The van der Waals surface area contributed by atoms with Crippen molar-refractivity contribution in [2.45, 2.75) is 4.90 Å². The van der Waals surface area contributed by atoms with Crippen LogP contribution in [0, 0.1) is 0 Å². The maximum Gasteiger partial charge on any atom is 0.276 e. The van der Waals surface area contributed by atoms with Crippen LogP contribution in [0.3, 0.4) is 0 Å². The number of fused-ring (bicyclic) bond motifs is 1. The molecule has 0 unspecified atom stereocenters. The summed E-state index contributed by atoms with van der Waals surface area (Å²) in [6, 6.07) is 23.1. The van der Waals surface area contributed by atoms with Crippen LogP contribution >= 0.6 is 11.6 Å². The maximum absolute atomic E-state index is 12.9. The van der Waals surface area contributed by atoms with Crippen molar-refractivity contribution in [3.8, 4) is 0 Å². The van der Waals surface area contributed by atoms with Gasteiger partial charge in [0.25, 0.3) is 15.9 Å². The second kappa shape index (κ2) is 8.63. The average Bonchev–Trinajstić information content (AvgIpc) is 2.78. The zero-order valence-corrected chi connectivity index (χ0v) is 17.5. The van der Waals surface area contributed by atoms with E-state index < -0.39 is 15.9 Å². The second-order valence-corrected chi connectivity index (χ2v) is 8.58. The Hall–Kier alpha value is -3.62. The first-order valence-electron chi connectivity index (χ1n) is 9.13.